The van der Waals surface area contributed by atoms with Gasteiger partial charge in [-0.1, -0.05) is 74.5 Å². The molecule has 0 radical (unpaired) electrons. The lowest BCUT2D eigenvalue weighted by molar-refractivity contribution is 0.476. The number of nitrogens with zero attached hydrogens (tertiary/aromatic N) is 4. The van der Waals surface area contributed by atoms with E-state index in [4.69, 9.17) is 19.1 Å². The second-order valence-corrected chi connectivity index (χ2v) is 12.7. The van der Waals surface area contributed by atoms with Gasteiger partial charge in [-0.05, 0) is 65.0 Å². The topological polar surface area (TPSA) is 55.8 Å². The Balaban J connectivity index is 1.26. The molecule has 0 spiro atoms. The van der Waals surface area contributed by atoms with E-state index in [9.17, 15) is 0 Å². The number of fused-ring (bicyclic) bond motifs is 12. The largest absolute Gasteiger partial charge is 0.453 e. The van der Waals surface area contributed by atoms with E-state index in [1.165, 1.54) is 16.5 Å². The van der Waals surface area contributed by atoms with E-state index in [2.05, 4.69) is 108 Å². The van der Waals surface area contributed by atoms with Crippen LogP contribution < -0.4 is 9.64 Å². The van der Waals surface area contributed by atoms with Gasteiger partial charge >= 0.3 is 0 Å². The van der Waals surface area contributed by atoms with Gasteiger partial charge in [-0.25, -0.2) is 9.97 Å². The smallest absolute Gasteiger partial charge is 0.178 e. The van der Waals surface area contributed by atoms with E-state index in [1.54, 1.807) is 0 Å². The highest BCUT2D eigenvalue weighted by Crippen LogP contribution is 2.57. The summed E-state index contributed by atoms with van der Waals surface area (Å²) in [6.45, 7) is 4.59. The molecule has 4 aromatic heterocycles. The van der Waals surface area contributed by atoms with Gasteiger partial charge in [0.2, 0.25) is 0 Å². The Hall–Kier alpha value is -6.14. The molecule has 1 aliphatic heterocycles. The van der Waals surface area contributed by atoms with Crippen molar-refractivity contribution in [2.75, 3.05) is 4.90 Å². The Kier molecular flexibility index (Phi) is 5.24. The second kappa shape index (κ2) is 9.44. The minimum Gasteiger partial charge on any atom is -0.453 e. The standard InChI is InChI=1S/C41H28N4O2/c1-41(2)30-13-5-7-15-32(30)45(36-17-9-10-20-42-36)33-24-35(39-37(38(33)41)28-12-4-8-16-34(28)47-39)46-25-18-19-26-27-11-3-6-14-31(27)44-22-21-43-40(44)29(26)23-25/h3-24H,1-2H3. The molecule has 6 nitrogen and oxygen atoms in total. The van der Waals surface area contributed by atoms with Crippen molar-refractivity contribution in [3.05, 3.63) is 145 Å². The molecule has 0 atom stereocenters. The lowest BCUT2D eigenvalue weighted by Gasteiger charge is -2.42. The number of imidazole rings is 1. The second-order valence-electron chi connectivity index (χ2n) is 12.7. The highest BCUT2D eigenvalue weighted by molar-refractivity contribution is 6.14. The third kappa shape index (κ3) is 3.61. The first-order chi connectivity index (χ1) is 23.1. The SMILES string of the molecule is CC1(C)c2ccccc2N(c2ccccn2)c2cc(Oc3ccc4c5ccccc5n5ccnc5c4c3)c3oc4ccccc4c3c21. The number of anilines is 3. The number of pyridine rings is 2. The maximum Gasteiger partial charge on any atom is 0.178 e. The minimum absolute atomic E-state index is 0.336. The normalized spacial score (nSPS) is 13.9. The maximum atomic E-state index is 6.90. The van der Waals surface area contributed by atoms with E-state index in [1.807, 2.05) is 48.9 Å². The van der Waals surface area contributed by atoms with E-state index < -0.39 is 0 Å². The van der Waals surface area contributed by atoms with Crippen LogP contribution in [0.3, 0.4) is 0 Å². The van der Waals surface area contributed by atoms with Crippen LogP contribution in [0.5, 0.6) is 11.5 Å². The molecule has 0 bridgehead atoms. The third-order valence-corrected chi connectivity index (χ3v) is 9.71. The van der Waals surface area contributed by atoms with E-state index in [-0.39, 0.29) is 5.41 Å². The van der Waals surface area contributed by atoms with Gasteiger partial charge in [0.15, 0.2) is 11.3 Å². The molecule has 10 rings (SSSR count). The van der Waals surface area contributed by atoms with Crippen molar-refractivity contribution in [2.45, 2.75) is 19.3 Å². The Bertz CT molecular complexity index is 2710. The molecule has 5 heterocycles. The van der Waals surface area contributed by atoms with Crippen LogP contribution in [-0.2, 0) is 5.41 Å². The lowest BCUT2D eigenvalue weighted by atomic mass is 9.72. The first kappa shape index (κ1) is 26.1. The van der Waals surface area contributed by atoms with E-state index >= 15 is 0 Å². The molecule has 5 aromatic carbocycles. The molecule has 0 N–H and O–H groups in total. The zero-order valence-electron chi connectivity index (χ0n) is 25.8. The van der Waals surface area contributed by atoms with Crippen molar-refractivity contribution in [3.8, 4) is 11.5 Å². The number of hydrogen-bond donors (Lipinski definition) is 0. The number of hydrogen-bond acceptors (Lipinski definition) is 5. The van der Waals surface area contributed by atoms with Gasteiger partial charge in [0.05, 0.1) is 16.9 Å². The number of aromatic nitrogens is 3. The highest BCUT2D eigenvalue weighted by atomic mass is 16.5. The summed E-state index contributed by atoms with van der Waals surface area (Å²) in [6.07, 6.45) is 5.70. The lowest BCUT2D eigenvalue weighted by Crippen LogP contribution is -2.31. The summed E-state index contributed by atoms with van der Waals surface area (Å²) in [6, 6.07) is 39.7. The minimum atomic E-state index is -0.336. The fourth-order valence-corrected chi connectivity index (χ4v) is 7.68. The molecule has 0 unspecified atom stereocenters. The molecule has 1 aliphatic rings. The predicted molar refractivity (Wildman–Crippen MR) is 189 cm³/mol. The van der Waals surface area contributed by atoms with Gasteiger partial charge in [0, 0.05) is 51.6 Å². The van der Waals surface area contributed by atoms with Gasteiger partial charge < -0.3 is 9.15 Å². The molecule has 0 fully saturated rings. The summed E-state index contributed by atoms with van der Waals surface area (Å²) in [5, 5.41) is 5.43. The summed E-state index contributed by atoms with van der Waals surface area (Å²) in [7, 11) is 0. The number of benzene rings is 5. The van der Waals surface area contributed by atoms with Gasteiger partial charge in [-0.2, -0.15) is 0 Å². The molecular formula is C41H28N4O2. The molecule has 0 aliphatic carbocycles. The van der Waals surface area contributed by atoms with Crippen LogP contribution in [0.25, 0.3) is 49.3 Å². The molecule has 6 heteroatoms. The molecule has 224 valence electrons. The van der Waals surface area contributed by atoms with Gasteiger partial charge in [0.25, 0.3) is 0 Å². The summed E-state index contributed by atoms with van der Waals surface area (Å²) in [5.74, 6) is 2.19. The summed E-state index contributed by atoms with van der Waals surface area (Å²) < 4.78 is 15.7. The molecular weight excluding hydrogens is 580 g/mol. The quantitative estimate of drug-likeness (QED) is 0.187. The first-order valence-corrected chi connectivity index (χ1v) is 15.8. The fourth-order valence-electron chi connectivity index (χ4n) is 7.68. The Labute approximate surface area is 270 Å². The third-order valence-electron chi connectivity index (χ3n) is 9.71. The van der Waals surface area contributed by atoms with E-state index in [0.717, 1.165) is 61.1 Å². The zero-order valence-corrected chi connectivity index (χ0v) is 25.8. The molecule has 0 saturated heterocycles. The van der Waals surface area contributed by atoms with Crippen LogP contribution in [0, 0.1) is 0 Å². The number of ether oxygens (including phenoxy) is 1. The molecule has 0 saturated carbocycles. The van der Waals surface area contributed by atoms with Crippen molar-refractivity contribution in [1.29, 1.82) is 0 Å². The summed E-state index contributed by atoms with van der Waals surface area (Å²) >= 11 is 0. The molecule has 9 aromatic rings. The average Bonchev–Trinajstić information content (AvgIpc) is 3.75. The van der Waals surface area contributed by atoms with Crippen molar-refractivity contribution in [2.24, 2.45) is 0 Å². The van der Waals surface area contributed by atoms with Gasteiger partial charge in [-0.15, -0.1) is 0 Å². The highest BCUT2D eigenvalue weighted by Gasteiger charge is 2.40. The molecule has 0 amide bonds. The fraction of sp³-hybridized carbons (Fsp3) is 0.0732. The van der Waals surface area contributed by atoms with Crippen molar-refractivity contribution >= 4 is 66.5 Å². The van der Waals surface area contributed by atoms with Crippen LogP contribution in [0.2, 0.25) is 0 Å². The van der Waals surface area contributed by atoms with Crippen LogP contribution in [-0.4, -0.2) is 14.4 Å². The number of rotatable bonds is 3. The number of para-hydroxylation sites is 3. The van der Waals surface area contributed by atoms with E-state index in [0.29, 0.717) is 11.5 Å². The van der Waals surface area contributed by atoms with Gasteiger partial charge in [0.1, 0.15) is 22.8 Å². The van der Waals surface area contributed by atoms with Crippen molar-refractivity contribution in [1.82, 2.24) is 14.4 Å². The maximum absolute atomic E-state index is 6.90. The molecule has 47 heavy (non-hydrogen) atoms. The van der Waals surface area contributed by atoms with Gasteiger partial charge in [-0.3, -0.25) is 9.30 Å². The summed E-state index contributed by atoms with van der Waals surface area (Å²) in [5.41, 5.74) is 7.75. The first-order valence-electron chi connectivity index (χ1n) is 15.8. The average molecular weight is 609 g/mol. The number of furan rings is 1. The zero-order chi connectivity index (χ0) is 31.3. The predicted octanol–water partition coefficient (Wildman–Crippen LogP) is 10.8. The Morgan fingerprint density at radius 1 is 0.681 bits per heavy atom. The van der Waals surface area contributed by atoms with Crippen LogP contribution >= 0.6 is 0 Å². The monoisotopic (exact) mass is 608 g/mol. The van der Waals surface area contributed by atoms with Crippen molar-refractivity contribution in [3.63, 3.8) is 0 Å². The summed E-state index contributed by atoms with van der Waals surface area (Å²) in [4.78, 5) is 11.8. The van der Waals surface area contributed by atoms with Crippen molar-refractivity contribution < 1.29 is 9.15 Å². The Morgan fingerprint density at radius 2 is 1.49 bits per heavy atom. The Morgan fingerprint density at radius 3 is 2.38 bits per heavy atom. The van der Waals surface area contributed by atoms with Crippen LogP contribution in [0.4, 0.5) is 17.2 Å². The van der Waals surface area contributed by atoms with Crippen LogP contribution in [0.15, 0.2) is 138 Å². The van der Waals surface area contributed by atoms with Crippen LogP contribution in [0.1, 0.15) is 25.0 Å².